The molecule has 0 amide bonds. The largest absolute Gasteiger partial charge is 0.486 e. The van der Waals surface area contributed by atoms with Crippen molar-refractivity contribution in [3.8, 4) is 11.5 Å². The van der Waals surface area contributed by atoms with E-state index in [1.807, 2.05) is 18.2 Å². The fraction of sp³-hybridized carbons (Fsp3) is 0.350. The number of nitrogens with one attached hydrogen (secondary N) is 2. The fourth-order valence-corrected chi connectivity index (χ4v) is 3.32. The van der Waals surface area contributed by atoms with Gasteiger partial charge >= 0.3 is 0 Å². The maximum Gasteiger partial charge on any atom is 0.171 e. The number of benzene rings is 2. The maximum atomic E-state index is 5.62. The van der Waals surface area contributed by atoms with Crippen molar-refractivity contribution in [2.45, 2.75) is 33.2 Å². The molecule has 0 bridgehead atoms. The van der Waals surface area contributed by atoms with E-state index in [9.17, 15) is 0 Å². The molecule has 0 fully saturated rings. The first-order valence-electron chi connectivity index (χ1n) is 8.61. The molecule has 25 heavy (non-hydrogen) atoms. The third-order valence-electron chi connectivity index (χ3n) is 4.31. The Kier molecular flexibility index (Phi) is 5.43. The molecule has 1 heterocycles. The van der Waals surface area contributed by atoms with Crippen molar-refractivity contribution in [1.82, 2.24) is 5.32 Å². The van der Waals surface area contributed by atoms with Crippen LogP contribution in [0, 0.1) is 13.8 Å². The van der Waals surface area contributed by atoms with Gasteiger partial charge in [0.1, 0.15) is 13.2 Å². The lowest BCUT2D eigenvalue weighted by Crippen LogP contribution is -2.32. The number of thiocarbonyl (C=S) groups is 1. The van der Waals surface area contributed by atoms with Gasteiger partial charge in [0.05, 0.1) is 6.04 Å². The second-order valence-corrected chi connectivity index (χ2v) is 6.69. The molecule has 4 nitrogen and oxygen atoms in total. The Bertz CT molecular complexity index is 776. The molecule has 3 rings (SSSR count). The predicted molar refractivity (Wildman–Crippen MR) is 106 cm³/mol. The zero-order chi connectivity index (χ0) is 17.8. The first-order valence-corrected chi connectivity index (χ1v) is 9.02. The van der Waals surface area contributed by atoms with Gasteiger partial charge in [-0.2, -0.15) is 0 Å². The van der Waals surface area contributed by atoms with Crippen LogP contribution in [0.25, 0.3) is 0 Å². The van der Waals surface area contributed by atoms with Crippen LogP contribution in [0.15, 0.2) is 36.4 Å². The third kappa shape index (κ3) is 4.23. The molecule has 5 heteroatoms. The molecule has 1 unspecified atom stereocenters. The summed E-state index contributed by atoms with van der Waals surface area (Å²) in [7, 11) is 0. The highest BCUT2D eigenvalue weighted by Gasteiger charge is 2.15. The van der Waals surface area contributed by atoms with Gasteiger partial charge in [-0.3, -0.25) is 0 Å². The molecule has 132 valence electrons. The summed E-state index contributed by atoms with van der Waals surface area (Å²) in [4.78, 5) is 0. The molecule has 0 aliphatic carbocycles. The van der Waals surface area contributed by atoms with Crippen molar-refractivity contribution in [2.24, 2.45) is 0 Å². The van der Waals surface area contributed by atoms with E-state index in [2.05, 4.69) is 49.6 Å². The van der Waals surface area contributed by atoms with Crippen LogP contribution in [0.3, 0.4) is 0 Å². The van der Waals surface area contributed by atoms with Crippen molar-refractivity contribution >= 4 is 23.0 Å². The van der Waals surface area contributed by atoms with E-state index in [0.717, 1.165) is 23.6 Å². The minimum atomic E-state index is 0.179. The van der Waals surface area contributed by atoms with Gasteiger partial charge in [0.25, 0.3) is 0 Å². The van der Waals surface area contributed by atoms with E-state index in [1.165, 1.54) is 16.7 Å². The lowest BCUT2D eigenvalue weighted by atomic mass is 9.98. The first kappa shape index (κ1) is 17.5. The van der Waals surface area contributed by atoms with Gasteiger partial charge < -0.3 is 20.1 Å². The normalized spacial score (nSPS) is 13.9. The summed E-state index contributed by atoms with van der Waals surface area (Å²) in [6, 6.07) is 12.5. The molecular formula is C20H24N2O2S. The van der Waals surface area contributed by atoms with Crippen LogP contribution in [-0.4, -0.2) is 18.3 Å². The van der Waals surface area contributed by atoms with Gasteiger partial charge in [0, 0.05) is 11.8 Å². The number of rotatable bonds is 4. The van der Waals surface area contributed by atoms with Crippen LogP contribution in [-0.2, 0) is 0 Å². The quantitative estimate of drug-likeness (QED) is 0.789. The minimum Gasteiger partial charge on any atom is -0.486 e. The summed E-state index contributed by atoms with van der Waals surface area (Å²) in [5.41, 5.74) is 4.71. The first-order chi connectivity index (χ1) is 12.1. The fourth-order valence-electron chi connectivity index (χ4n) is 3.06. The Morgan fingerprint density at radius 2 is 1.84 bits per heavy atom. The number of anilines is 1. The monoisotopic (exact) mass is 356 g/mol. The van der Waals surface area contributed by atoms with Gasteiger partial charge in [-0.25, -0.2) is 0 Å². The summed E-state index contributed by atoms with van der Waals surface area (Å²) in [5, 5.41) is 7.26. The number of ether oxygens (including phenoxy) is 2. The van der Waals surface area contributed by atoms with Gasteiger partial charge in [0.2, 0.25) is 0 Å². The van der Waals surface area contributed by atoms with Crippen molar-refractivity contribution in [3.63, 3.8) is 0 Å². The lowest BCUT2D eigenvalue weighted by Gasteiger charge is -2.23. The topological polar surface area (TPSA) is 42.5 Å². The average Bonchev–Trinajstić information content (AvgIpc) is 2.60. The molecule has 2 N–H and O–H groups in total. The number of hydrogen-bond acceptors (Lipinski definition) is 3. The number of aryl methyl sites for hydroxylation is 2. The zero-order valence-corrected chi connectivity index (χ0v) is 15.7. The highest BCUT2D eigenvalue weighted by atomic mass is 32.1. The Morgan fingerprint density at radius 1 is 1.08 bits per heavy atom. The van der Waals surface area contributed by atoms with E-state index < -0.39 is 0 Å². The Hall–Kier alpha value is -2.27. The molecule has 0 spiro atoms. The average molecular weight is 356 g/mol. The van der Waals surface area contributed by atoms with Gasteiger partial charge in [0.15, 0.2) is 16.6 Å². The summed E-state index contributed by atoms with van der Waals surface area (Å²) in [6.07, 6.45) is 0.951. The molecule has 1 atom stereocenters. The summed E-state index contributed by atoms with van der Waals surface area (Å²) >= 11 is 5.51. The number of fused-ring (bicyclic) bond motifs is 1. The van der Waals surface area contributed by atoms with Gasteiger partial charge in [-0.05, 0) is 55.7 Å². The molecule has 0 aromatic heterocycles. The summed E-state index contributed by atoms with van der Waals surface area (Å²) in [5.74, 6) is 1.53. The van der Waals surface area contributed by atoms with E-state index in [4.69, 9.17) is 21.7 Å². The van der Waals surface area contributed by atoms with E-state index in [1.54, 1.807) is 0 Å². The van der Waals surface area contributed by atoms with Crippen LogP contribution in [0.2, 0.25) is 0 Å². The Balaban J connectivity index is 1.68. The van der Waals surface area contributed by atoms with Crippen LogP contribution < -0.4 is 20.1 Å². The highest BCUT2D eigenvalue weighted by molar-refractivity contribution is 7.80. The van der Waals surface area contributed by atoms with Gasteiger partial charge in [-0.15, -0.1) is 0 Å². The molecule has 2 aromatic carbocycles. The van der Waals surface area contributed by atoms with Crippen molar-refractivity contribution < 1.29 is 9.47 Å². The lowest BCUT2D eigenvalue weighted by molar-refractivity contribution is 0.171. The van der Waals surface area contributed by atoms with Crippen molar-refractivity contribution in [1.29, 1.82) is 0 Å². The third-order valence-corrected chi connectivity index (χ3v) is 4.53. The van der Waals surface area contributed by atoms with E-state index in [0.29, 0.717) is 18.3 Å². The standard InChI is InChI=1S/C20H24N2O2S/c1-4-17(16-7-5-13(2)11-14(16)3)22-20(25)21-15-6-8-18-19(12-15)24-10-9-23-18/h5-8,11-12,17H,4,9-10H2,1-3H3,(H2,21,22,25). The second kappa shape index (κ2) is 7.74. The minimum absolute atomic E-state index is 0.179. The molecule has 0 radical (unpaired) electrons. The SMILES string of the molecule is CCC(NC(=S)Nc1ccc2c(c1)OCCO2)c1ccc(C)cc1C. The summed E-state index contributed by atoms with van der Waals surface area (Å²) in [6.45, 7) is 7.57. The van der Waals surface area contributed by atoms with E-state index in [-0.39, 0.29) is 6.04 Å². The van der Waals surface area contributed by atoms with E-state index >= 15 is 0 Å². The van der Waals surface area contributed by atoms with Crippen molar-refractivity contribution in [3.05, 3.63) is 53.1 Å². The second-order valence-electron chi connectivity index (χ2n) is 6.28. The molecule has 2 aromatic rings. The molecule has 1 aliphatic rings. The molecule has 1 aliphatic heterocycles. The molecule has 0 saturated heterocycles. The van der Waals surface area contributed by atoms with Crippen LogP contribution in [0.5, 0.6) is 11.5 Å². The predicted octanol–water partition coefficient (Wildman–Crippen LogP) is 4.51. The van der Waals surface area contributed by atoms with Crippen molar-refractivity contribution in [2.75, 3.05) is 18.5 Å². The molecule has 0 saturated carbocycles. The molecular weight excluding hydrogens is 332 g/mol. The smallest absolute Gasteiger partial charge is 0.171 e. The Labute approximate surface area is 154 Å². The van der Waals surface area contributed by atoms with Crippen LogP contribution in [0.1, 0.15) is 36.1 Å². The van der Waals surface area contributed by atoms with Crippen LogP contribution >= 0.6 is 12.2 Å². The number of hydrogen-bond donors (Lipinski definition) is 2. The zero-order valence-electron chi connectivity index (χ0n) is 14.9. The Morgan fingerprint density at radius 3 is 2.56 bits per heavy atom. The maximum absolute atomic E-state index is 5.62. The highest BCUT2D eigenvalue weighted by Crippen LogP contribution is 2.32. The van der Waals surface area contributed by atoms with Gasteiger partial charge in [-0.1, -0.05) is 30.7 Å². The summed E-state index contributed by atoms with van der Waals surface area (Å²) < 4.78 is 11.2. The van der Waals surface area contributed by atoms with Crippen LogP contribution in [0.4, 0.5) is 5.69 Å².